The lowest BCUT2D eigenvalue weighted by molar-refractivity contribution is 1.19. The molecule has 0 bridgehead atoms. The Balaban J connectivity index is 0.896. The fourth-order valence-corrected chi connectivity index (χ4v) is 10.1. The highest BCUT2D eigenvalue weighted by atomic mass is 15.0. The van der Waals surface area contributed by atoms with Crippen molar-refractivity contribution in [3.8, 4) is 33.6 Å². The van der Waals surface area contributed by atoms with Crippen LogP contribution in [0.1, 0.15) is 0 Å². The van der Waals surface area contributed by atoms with E-state index in [0.29, 0.717) is 0 Å². The van der Waals surface area contributed by atoms with E-state index in [1.165, 1.54) is 120 Å². The molecule has 0 fully saturated rings. The Kier molecular flexibility index (Phi) is 7.05. The maximum atomic E-state index is 2.44. The van der Waals surface area contributed by atoms with E-state index >= 15 is 0 Å². The first-order chi connectivity index (χ1) is 29.7. The smallest absolute Gasteiger partial charge is 0.0541 e. The number of nitrogens with zero attached hydrogens (tertiary/aromatic N) is 2. The van der Waals surface area contributed by atoms with Gasteiger partial charge in [-0.3, -0.25) is 0 Å². The van der Waals surface area contributed by atoms with Crippen LogP contribution in [0.4, 0.5) is 0 Å². The lowest BCUT2D eigenvalue weighted by Gasteiger charge is -2.14. The summed E-state index contributed by atoms with van der Waals surface area (Å²) in [6, 6.07) is 80.5. The monoisotopic (exact) mass is 760 g/mol. The summed E-state index contributed by atoms with van der Waals surface area (Å²) in [5, 5.41) is 15.3. The molecule has 0 aliphatic heterocycles. The zero-order valence-electron chi connectivity index (χ0n) is 32.7. The summed E-state index contributed by atoms with van der Waals surface area (Å²) >= 11 is 0. The molecule has 278 valence electrons. The molecule has 0 radical (unpaired) electrons. The van der Waals surface area contributed by atoms with Crippen LogP contribution in [0.2, 0.25) is 0 Å². The van der Waals surface area contributed by atoms with E-state index in [0.717, 1.165) is 0 Å². The zero-order valence-corrected chi connectivity index (χ0v) is 32.7. The second-order valence-electron chi connectivity index (χ2n) is 16.1. The van der Waals surface area contributed by atoms with Gasteiger partial charge in [0.2, 0.25) is 0 Å². The molecule has 0 saturated carbocycles. The molecular formula is C58H36N2. The molecule has 2 aromatic heterocycles. The number of para-hydroxylation sites is 2. The van der Waals surface area contributed by atoms with Crippen molar-refractivity contribution in [2.45, 2.75) is 0 Å². The summed E-state index contributed by atoms with van der Waals surface area (Å²) < 4.78 is 4.84. The van der Waals surface area contributed by atoms with E-state index in [1.807, 2.05) is 0 Å². The first kappa shape index (κ1) is 33.1. The molecule has 60 heavy (non-hydrogen) atoms. The van der Waals surface area contributed by atoms with Crippen LogP contribution < -0.4 is 0 Å². The van der Waals surface area contributed by atoms with Gasteiger partial charge in [0.15, 0.2) is 0 Å². The topological polar surface area (TPSA) is 9.86 Å². The summed E-state index contributed by atoms with van der Waals surface area (Å²) in [6.07, 6.45) is 0. The van der Waals surface area contributed by atoms with Crippen molar-refractivity contribution in [3.63, 3.8) is 0 Å². The van der Waals surface area contributed by atoms with Gasteiger partial charge in [0, 0.05) is 32.9 Å². The third-order valence-corrected chi connectivity index (χ3v) is 12.9. The Morgan fingerprint density at radius 1 is 0.200 bits per heavy atom. The van der Waals surface area contributed by atoms with Crippen molar-refractivity contribution in [1.82, 2.24) is 9.13 Å². The van der Waals surface area contributed by atoms with Crippen LogP contribution >= 0.6 is 0 Å². The summed E-state index contributed by atoms with van der Waals surface area (Å²) in [6.45, 7) is 0. The number of aromatic nitrogens is 2. The lowest BCUT2D eigenvalue weighted by atomic mass is 9.94. The molecule has 2 nitrogen and oxygen atoms in total. The predicted molar refractivity (Wildman–Crippen MR) is 256 cm³/mol. The SMILES string of the molecule is c1ccc2cc(-n3c4ccccc4c4cc(-c5ccc(-c6ccc7c(c6)c6ccccc6n7-c6ccc7c8ccccc8c8ccccc8c7c6)cc5)ccc43)ccc2c1. The number of benzene rings is 11. The van der Waals surface area contributed by atoms with Gasteiger partial charge in [0.05, 0.1) is 22.1 Å². The first-order valence-corrected chi connectivity index (χ1v) is 20.8. The zero-order chi connectivity index (χ0) is 39.3. The highest BCUT2D eigenvalue weighted by Crippen LogP contribution is 2.40. The Morgan fingerprint density at radius 2 is 0.583 bits per heavy atom. The predicted octanol–water partition coefficient (Wildman–Crippen LogP) is 15.8. The van der Waals surface area contributed by atoms with E-state index in [2.05, 4.69) is 228 Å². The normalized spacial score (nSPS) is 12.0. The molecule has 0 atom stereocenters. The van der Waals surface area contributed by atoms with Gasteiger partial charge < -0.3 is 9.13 Å². The maximum Gasteiger partial charge on any atom is 0.0541 e. The Morgan fingerprint density at radius 3 is 1.13 bits per heavy atom. The molecule has 2 heterocycles. The minimum atomic E-state index is 1.17. The number of hydrogen-bond acceptors (Lipinski definition) is 0. The molecule has 0 unspecified atom stereocenters. The largest absolute Gasteiger partial charge is 0.309 e. The van der Waals surface area contributed by atoms with Crippen LogP contribution in [0.5, 0.6) is 0 Å². The molecular weight excluding hydrogens is 725 g/mol. The van der Waals surface area contributed by atoms with Crippen molar-refractivity contribution >= 4 is 86.7 Å². The van der Waals surface area contributed by atoms with Crippen molar-refractivity contribution in [3.05, 3.63) is 218 Å². The van der Waals surface area contributed by atoms with E-state index < -0.39 is 0 Å². The summed E-state index contributed by atoms with van der Waals surface area (Å²) in [5.74, 6) is 0. The van der Waals surface area contributed by atoms with E-state index in [1.54, 1.807) is 0 Å². The average molecular weight is 761 g/mol. The van der Waals surface area contributed by atoms with Gasteiger partial charge >= 0.3 is 0 Å². The van der Waals surface area contributed by atoms with Gasteiger partial charge in [-0.15, -0.1) is 0 Å². The Labute approximate surface area is 346 Å². The highest BCUT2D eigenvalue weighted by molar-refractivity contribution is 6.25. The van der Waals surface area contributed by atoms with Crippen molar-refractivity contribution in [1.29, 1.82) is 0 Å². The van der Waals surface area contributed by atoms with E-state index in [4.69, 9.17) is 0 Å². The van der Waals surface area contributed by atoms with Gasteiger partial charge in [-0.05, 0) is 126 Å². The van der Waals surface area contributed by atoms with Crippen LogP contribution in [-0.4, -0.2) is 9.13 Å². The molecule has 0 amide bonds. The fraction of sp³-hybridized carbons (Fsp3) is 0. The molecule has 11 aromatic carbocycles. The Bertz CT molecular complexity index is 3850. The second kappa shape index (κ2) is 12.8. The van der Waals surface area contributed by atoms with Gasteiger partial charge in [-0.1, -0.05) is 158 Å². The molecule has 0 aliphatic rings. The highest BCUT2D eigenvalue weighted by Gasteiger charge is 2.17. The molecule has 13 rings (SSSR count). The third kappa shape index (κ3) is 4.88. The minimum Gasteiger partial charge on any atom is -0.309 e. The maximum absolute atomic E-state index is 2.44. The molecule has 2 heteroatoms. The molecule has 0 saturated heterocycles. The van der Waals surface area contributed by atoms with E-state index in [9.17, 15) is 0 Å². The summed E-state index contributed by atoms with van der Waals surface area (Å²) in [4.78, 5) is 0. The fourth-order valence-electron chi connectivity index (χ4n) is 10.1. The van der Waals surface area contributed by atoms with Crippen LogP contribution in [0.15, 0.2) is 218 Å². The summed E-state index contributed by atoms with van der Waals surface area (Å²) in [5.41, 5.74) is 12.0. The minimum absolute atomic E-state index is 1.17. The van der Waals surface area contributed by atoms with Crippen LogP contribution in [0.3, 0.4) is 0 Å². The van der Waals surface area contributed by atoms with Gasteiger partial charge in [-0.2, -0.15) is 0 Å². The van der Waals surface area contributed by atoms with Gasteiger partial charge in [0.1, 0.15) is 0 Å². The van der Waals surface area contributed by atoms with Crippen molar-refractivity contribution < 1.29 is 0 Å². The van der Waals surface area contributed by atoms with Crippen molar-refractivity contribution in [2.75, 3.05) is 0 Å². The van der Waals surface area contributed by atoms with Crippen LogP contribution in [-0.2, 0) is 0 Å². The van der Waals surface area contributed by atoms with Crippen molar-refractivity contribution in [2.24, 2.45) is 0 Å². The standard InChI is InChI=1S/C58H36N2/c1-2-12-40-33-43(28-25-37(40)11-1)59-55-19-9-7-17-50(55)53-34-41(26-31-57(53)59)38-21-23-39(24-22-38)42-27-32-58-54(35-42)51-18-8-10-20-56(51)60(58)44-29-30-49-47-15-4-3-13-45(47)46-14-5-6-16-48(46)52(49)36-44/h1-36H. The number of fused-ring (bicyclic) bond motifs is 13. The first-order valence-electron chi connectivity index (χ1n) is 20.8. The molecule has 0 N–H and O–H groups in total. The third-order valence-electron chi connectivity index (χ3n) is 12.9. The number of hydrogen-bond donors (Lipinski definition) is 0. The summed E-state index contributed by atoms with van der Waals surface area (Å²) in [7, 11) is 0. The molecule has 0 aliphatic carbocycles. The number of rotatable bonds is 4. The lowest BCUT2D eigenvalue weighted by Crippen LogP contribution is -1.94. The van der Waals surface area contributed by atoms with Gasteiger partial charge in [0.25, 0.3) is 0 Å². The van der Waals surface area contributed by atoms with Gasteiger partial charge in [-0.25, -0.2) is 0 Å². The Hall–Kier alpha value is -7.94. The van der Waals surface area contributed by atoms with Crippen LogP contribution in [0, 0.1) is 0 Å². The van der Waals surface area contributed by atoms with E-state index in [-0.39, 0.29) is 0 Å². The van der Waals surface area contributed by atoms with Crippen LogP contribution in [0.25, 0.3) is 120 Å². The molecule has 13 aromatic rings. The average Bonchev–Trinajstić information content (AvgIpc) is 3.83. The second-order valence-corrected chi connectivity index (χ2v) is 16.1. The molecule has 0 spiro atoms. The quantitative estimate of drug-likeness (QED) is 0.158.